The SMILES string of the molecule is CNCC1CCN(C(=O)C2CC2c2ccc3ccccc3c2)C1.Cl. The summed E-state index contributed by atoms with van der Waals surface area (Å²) in [5, 5.41) is 5.78. The molecule has 1 aliphatic heterocycles. The summed E-state index contributed by atoms with van der Waals surface area (Å²) in [4.78, 5) is 14.8. The van der Waals surface area contributed by atoms with Crippen LogP contribution in [0.5, 0.6) is 0 Å². The average Bonchev–Trinajstić information content (AvgIpc) is 3.25. The van der Waals surface area contributed by atoms with Gasteiger partial charge in [0.1, 0.15) is 0 Å². The molecule has 24 heavy (non-hydrogen) atoms. The summed E-state index contributed by atoms with van der Waals surface area (Å²) in [6, 6.07) is 15.1. The molecule has 1 amide bonds. The van der Waals surface area contributed by atoms with Crippen LogP contribution in [0.3, 0.4) is 0 Å². The molecule has 1 aliphatic carbocycles. The highest BCUT2D eigenvalue weighted by atomic mass is 35.5. The van der Waals surface area contributed by atoms with Gasteiger partial charge in [-0.05, 0) is 54.6 Å². The predicted octanol–water partition coefficient (Wildman–Crippen LogP) is 3.43. The van der Waals surface area contributed by atoms with Gasteiger partial charge in [0, 0.05) is 19.0 Å². The first-order valence-corrected chi connectivity index (χ1v) is 8.68. The van der Waals surface area contributed by atoms with Crippen LogP contribution in [0, 0.1) is 11.8 Å². The second-order valence-corrected chi connectivity index (χ2v) is 7.05. The van der Waals surface area contributed by atoms with Crippen molar-refractivity contribution < 1.29 is 4.79 Å². The lowest BCUT2D eigenvalue weighted by Crippen LogP contribution is -2.31. The summed E-state index contributed by atoms with van der Waals surface area (Å²) in [6.45, 7) is 2.88. The topological polar surface area (TPSA) is 32.3 Å². The molecular formula is C20H25ClN2O. The second kappa shape index (κ2) is 7.12. The van der Waals surface area contributed by atoms with Crippen LogP contribution >= 0.6 is 12.4 Å². The van der Waals surface area contributed by atoms with E-state index in [4.69, 9.17) is 0 Å². The normalized spacial score (nSPS) is 25.5. The lowest BCUT2D eigenvalue weighted by molar-refractivity contribution is -0.131. The third kappa shape index (κ3) is 3.28. The zero-order chi connectivity index (χ0) is 15.8. The third-order valence-corrected chi connectivity index (χ3v) is 5.40. The van der Waals surface area contributed by atoms with E-state index in [1.807, 2.05) is 7.05 Å². The first-order chi connectivity index (χ1) is 11.3. The molecule has 0 bridgehead atoms. The van der Waals surface area contributed by atoms with Crippen molar-refractivity contribution in [2.45, 2.75) is 18.8 Å². The number of halogens is 1. The molecule has 128 valence electrons. The van der Waals surface area contributed by atoms with E-state index in [9.17, 15) is 4.79 Å². The van der Waals surface area contributed by atoms with Crippen LogP contribution in [-0.2, 0) is 4.79 Å². The molecule has 4 rings (SSSR count). The number of likely N-dealkylation sites (tertiary alicyclic amines) is 1. The molecule has 1 saturated heterocycles. The molecular weight excluding hydrogens is 320 g/mol. The Morgan fingerprint density at radius 1 is 1.21 bits per heavy atom. The van der Waals surface area contributed by atoms with Crippen LogP contribution in [0.1, 0.15) is 24.3 Å². The molecule has 2 aromatic rings. The van der Waals surface area contributed by atoms with Crippen molar-refractivity contribution in [3.63, 3.8) is 0 Å². The quantitative estimate of drug-likeness (QED) is 0.921. The Morgan fingerprint density at radius 2 is 2.00 bits per heavy atom. The first-order valence-electron chi connectivity index (χ1n) is 8.68. The van der Waals surface area contributed by atoms with E-state index in [0.717, 1.165) is 32.5 Å². The number of carbonyl (C=O) groups is 1. The Hall–Kier alpha value is -1.58. The molecule has 3 atom stereocenters. The molecule has 3 unspecified atom stereocenters. The first kappa shape index (κ1) is 17.2. The minimum atomic E-state index is 0. The van der Waals surface area contributed by atoms with Crippen LogP contribution in [0.25, 0.3) is 10.8 Å². The Kier molecular flexibility index (Phi) is 5.12. The van der Waals surface area contributed by atoms with E-state index in [1.165, 1.54) is 16.3 Å². The summed E-state index contributed by atoms with van der Waals surface area (Å²) in [5.74, 6) is 1.64. The maximum atomic E-state index is 12.7. The summed E-state index contributed by atoms with van der Waals surface area (Å²) in [6.07, 6.45) is 2.16. The molecule has 2 aromatic carbocycles. The van der Waals surface area contributed by atoms with Gasteiger partial charge in [-0.2, -0.15) is 0 Å². The number of fused-ring (bicyclic) bond motifs is 1. The molecule has 0 radical (unpaired) electrons. The van der Waals surface area contributed by atoms with Gasteiger partial charge >= 0.3 is 0 Å². The lowest BCUT2D eigenvalue weighted by atomic mass is 10.0. The number of amides is 1. The van der Waals surface area contributed by atoms with Crippen LogP contribution in [-0.4, -0.2) is 37.5 Å². The van der Waals surface area contributed by atoms with Crippen molar-refractivity contribution in [2.75, 3.05) is 26.7 Å². The van der Waals surface area contributed by atoms with Crippen LogP contribution < -0.4 is 5.32 Å². The third-order valence-electron chi connectivity index (χ3n) is 5.40. The molecule has 4 heteroatoms. The largest absolute Gasteiger partial charge is 0.342 e. The fraction of sp³-hybridized carbons (Fsp3) is 0.450. The number of hydrogen-bond donors (Lipinski definition) is 1. The zero-order valence-corrected chi connectivity index (χ0v) is 14.9. The van der Waals surface area contributed by atoms with E-state index < -0.39 is 0 Å². The fourth-order valence-corrected chi connectivity index (χ4v) is 4.00. The van der Waals surface area contributed by atoms with Gasteiger partial charge in [0.2, 0.25) is 5.91 Å². The number of carbonyl (C=O) groups excluding carboxylic acids is 1. The van der Waals surface area contributed by atoms with Gasteiger partial charge in [0.15, 0.2) is 0 Å². The van der Waals surface area contributed by atoms with Crippen molar-refractivity contribution >= 4 is 29.1 Å². The maximum Gasteiger partial charge on any atom is 0.226 e. The Bertz CT molecular complexity index is 732. The lowest BCUT2D eigenvalue weighted by Gasteiger charge is -2.16. The molecule has 0 spiro atoms. The Morgan fingerprint density at radius 3 is 2.79 bits per heavy atom. The van der Waals surface area contributed by atoms with Crippen molar-refractivity contribution in [3.05, 3.63) is 48.0 Å². The molecule has 1 saturated carbocycles. The van der Waals surface area contributed by atoms with Gasteiger partial charge in [-0.1, -0.05) is 42.5 Å². The van der Waals surface area contributed by atoms with Crippen molar-refractivity contribution in [1.82, 2.24) is 10.2 Å². The number of benzene rings is 2. The molecule has 3 nitrogen and oxygen atoms in total. The van der Waals surface area contributed by atoms with Crippen LogP contribution in [0.4, 0.5) is 0 Å². The van der Waals surface area contributed by atoms with E-state index in [1.54, 1.807) is 0 Å². The summed E-state index contributed by atoms with van der Waals surface area (Å²) < 4.78 is 0. The number of rotatable bonds is 4. The number of hydrogen-bond acceptors (Lipinski definition) is 2. The van der Waals surface area contributed by atoms with E-state index in [2.05, 4.69) is 52.7 Å². The van der Waals surface area contributed by atoms with Crippen LogP contribution in [0.15, 0.2) is 42.5 Å². The van der Waals surface area contributed by atoms with Gasteiger partial charge < -0.3 is 10.2 Å². The Labute approximate surface area is 149 Å². The van der Waals surface area contributed by atoms with Crippen molar-refractivity contribution in [1.29, 1.82) is 0 Å². The van der Waals surface area contributed by atoms with E-state index >= 15 is 0 Å². The molecule has 0 aromatic heterocycles. The smallest absolute Gasteiger partial charge is 0.226 e. The van der Waals surface area contributed by atoms with E-state index in [-0.39, 0.29) is 18.3 Å². The van der Waals surface area contributed by atoms with Gasteiger partial charge in [-0.3, -0.25) is 4.79 Å². The van der Waals surface area contributed by atoms with E-state index in [0.29, 0.717) is 17.7 Å². The minimum Gasteiger partial charge on any atom is -0.342 e. The number of nitrogens with one attached hydrogen (secondary N) is 1. The molecule has 1 heterocycles. The number of nitrogens with zero attached hydrogens (tertiary/aromatic N) is 1. The highest BCUT2D eigenvalue weighted by Crippen LogP contribution is 2.49. The summed E-state index contributed by atoms with van der Waals surface area (Å²) in [5.41, 5.74) is 1.33. The fourth-order valence-electron chi connectivity index (χ4n) is 4.00. The monoisotopic (exact) mass is 344 g/mol. The van der Waals surface area contributed by atoms with Gasteiger partial charge in [-0.25, -0.2) is 0 Å². The second-order valence-electron chi connectivity index (χ2n) is 7.05. The van der Waals surface area contributed by atoms with Gasteiger partial charge in [-0.15, -0.1) is 12.4 Å². The molecule has 2 fully saturated rings. The van der Waals surface area contributed by atoms with Gasteiger partial charge in [0.25, 0.3) is 0 Å². The minimum absolute atomic E-state index is 0. The highest BCUT2D eigenvalue weighted by Gasteiger charge is 2.46. The predicted molar refractivity (Wildman–Crippen MR) is 101 cm³/mol. The van der Waals surface area contributed by atoms with Crippen molar-refractivity contribution in [2.24, 2.45) is 11.8 Å². The van der Waals surface area contributed by atoms with Crippen LogP contribution in [0.2, 0.25) is 0 Å². The molecule has 2 aliphatic rings. The summed E-state index contributed by atoms with van der Waals surface area (Å²) in [7, 11) is 1.99. The highest BCUT2D eigenvalue weighted by molar-refractivity contribution is 5.86. The standard InChI is InChI=1S/C20H24N2O.ClH/c1-21-12-14-8-9-22(13-14)20(23)19-11-18(19)17-7-6-15-4-2-3-5-16(15)10-17;/h2-7,10,14,18-19,21H,8-9,11-13H2,1H3;1H. The average molecular weight is 345 g/mol. The molecule has 1 N–H and O–H groups in total. The van der Waals surface area contributed by atoms with Gasteiger partial charge in [0.05, 0.1) is 0 Å². The summed E-state index contributed by atoms with van der Waals surface area (Å²) >= 11 is 0. The van der Waals surface area contributed by atoms with Crippen molar-refractivity contribution in [3.8, 4) is 0 Å². The zero-order valence-electron chi connectivity index (χ0n) is 14.1. The Balaban J connectivity index is 0.00000169. The maximum absolute atomic E-state index is 12.7.